The predicted octanol–water partition coefficient (Wildman–Crippen LogP) is 0.182. The van der Waals surface area contributed by atoms with Gasteiger partial charge in [-0.05, 0) is 33.0 Å². The zero-order valence-electron chi connectivity index (χ0n) is 9.55. The van der Waals surface area contributed by atoms with Crippen LogP contribution in [-0.4, -0.2) is 43.0 Å². The molecule has 4 nitrogen and oxygen atoms in total. The van der Waals surface area contributed by atoms with E-state index in [0.717, 1.165) is 26.1 Å². The molecule has 1 atom stereocenters. The van der Waals surface area contributed by atoms with E-state index in [-0.39, 0.29) is 12.5 Å². The lowest BCUT2D eigenvalue weighted by atomic mass is 10.2. The SMILES string of the molecule is CCN(CC)C(C)CCNCC(N)=O. The Kier molecular flexibility index (Phi) is 7.42. The molecule has 0 aliphatic rings. The van der Waals surface area contributed by atoms with Crippen molar-refractivity contribution in [3.05, 3.63) is 0 Å². The molecule has 0 fully saturated rings. The van der Waals surface area contributed by atoms with Gasteiger partial charge in [-0.1, -0.05) is 13.8 Å². The summed E-state index contributed by atoms with van der Waals surface area (Å²) in [5.41, 5.74) is 5.01. The van der Waals surface area contributed by atoms with Gasteiger partial charge in [-0.25, -0.2) is 0 Å². The van der Waals surface area contributed by atoms with E-state index in [1.165, 1.54) is 0 Å². The second-order valence-electron chi connectivity index (χ2n) is 3.50. The quantitative estimate of drug-likeness (QED) is 0.551. The van der Waals surface area contributed by atoms with Crippen molar-refractivity contribution in [1.82, 2.24) is 10.2 Å². The summed E-state index contributed by atoms with van der Waals surface area (Å²) in [6.45, 7) is 9.82. The summed E-state index contributed by atoms with van der Waals surface area (Å²) in [6.07, 6.45) is 1.05. The Morgan fingerprint density at radius 2 is 2.00 bits per heavy atom. The number of nitrogens with two attached hydrogens (primary N) is 1. The van der Waals surface area contributed by atoms with Gasteiger partial charge in [-0.3, -0.25) is 4.79 Å². The Morgan fingerprint density at radius 1 is 1.43 bits per heavy atom. The number of nitrogens with zero attached hydrogens (tertiary/aromatic N) is 1. The summed E-state index contributed by atoms with van der Waals surface area (Å²) in [6, 6.07) is 0.561. The number of nitrogens with one attached hydrogen (secondary N) is 1. The van der Waals surface area contributed by atoms with Gasteiger partial charge < -0.3 is 16.0 Å². The van der Waals surface area contributed by atoms with Crippen LogP contribution in [0.3, 0.4) is 0 Å². The number of carbonyl (C=O) groups is 1. The standard InChI is InChI=1S/C10H23N3O/c1-4-13(5-2)9(3)6-7-12-8-10(11)14/h9,12H,4-8H2,1-3H3,(H2,11,14). The first-order chi connectivity index (χ1) is 6.61. The maximum Gasteiger partial charge on any atom is 0.231 e. The summed E-state index contributed by atoms with van der Waals surface area (Å²) in [5, 5.41) is 3.02. The first kappa shape index (κ1) is 13.4. The van der Waals surface area contributed by atoms with Gasteiger partial charge in [0.05, 0.1) is 6.54 Å². The average molecular weight is 201 g/mol. The van der Waals surface area contributed by atoms with Crippen LogP contribution in [-0.2, 0) is 4.79 Å². The number of hydrogen-bond donors (Lipinski definition) is 2. The molecular weight excluding hydrogens is 178 g/mol. The average Bonchev–Trinajstić information content (AvgIpc) is 2.14. The molecule has 0 aromatic carbocycles. The summed E-state index contributed by atoms with van der Waals surface area (Å²) in [7, 11) is 0. The van der Waals surface area contributed by atoms with Crippen LogP contribution in [0.15, 0.2) is 0 Å². The fraction of sp³-hybridized carbons (Fsp3) is 0.900. The molecule has 14 heavy (non-hydrogen) atoms. The van der Waals surface area contributed by atoms with E-state index in [2.05, 4.69) is 31.0 Å². The molecule has 0 heterocycles. The molecule has 0 aromatic rings. The van der Waals surface area contributed by atoms with Crippen LogP contribution in [0.4, 0.5) is 0 Å². The van der Waals surface area contributed by atoms with Crippen molar-refractivity contribution in [2.75, 3.05) is 26.2 Å². The van der Waals surface area contributed by atoms with E-state index >= 15 is 0 Å². The van der Waals surface area contributed by atoms with Gasteiger partial charge in [0.2, 0.25) is 5.91 Å². The molecular formula is C10H23N3O. The van der Waals surface area contributed by atoms with Crippen LogP contribution in [0, 0.1) is 0 Å². The highest BCUT2D eigenvalue weighted by Crippen LogP contribution is 2.01. The number of carbonyl (C=O) groups excluding carboxylic acids is 1. The summed E-state index contributed by atoms with van der Waals surface area (Å²) in [4.78, 5) is 12.8. The Hall–Kier alpha value is -0.610. The third-order valence-corrected chi connectivity index (χ3v) is 2.47. The largest absolute Gasteiger partial charge is 0.369 e. The minimum Gasteiger partial charge on any atom is -0.369 e. The molecule has 84 valence electrons. The van der Waals surface area contributed by atoms with Crippen LogP contribution >= 0.6 is 0 Å². The second-order valence-corrected chi connectivity index (χ2v) is 3.50. The zero-order chi connectivity index (χ0) is 11.0. The highest BCUT2D eigenvalue weighted by molar-refractivity contribution is 5.75. The van der Waals surface area contributed by atoms with E-state index < -0.39 is 0 Å². The van der Waals surface area contributed by atoms with E-state index in [1.54, 1.807) is 0 Å². The molecule has 0 rings (SSSR count). The lowest BCUT2D eigenvalue weighted by Crippen LogP contribution is -2.36. The van der Waals surface area contributed by atoms with Crippen LogP contribution in [0.2, 0.25) is 0 Å². The maximum absolute atomic E-state index is 10.4. The highest BCUT2D eigenvalue weighted by atomic mass is 16.1. The molecule has 0 aliphatic carbocycles. The van der Waals surface area contributed by atoms with Crippen molar-refractivity contribution in [1.29, 1.82) is 0 Å². The van der Waals surface area contributed by atoms with Gasteiger partial charge in [0, 0.05) is 6.04 Å². The summed E-state index contributed by atoms with van der Waals surface area (Å²) >= 11 is 0. The smallest absolute Gasteiger partial charge is 0.231 e. The summed E-state index contributed by atoms with van der Waals surface area (Å²) in [5.74, 6) is -0.291. The first-order valence-electron chi connectivity index (χ1n) is 5.34. The van der Waals surface area contributed by atoms with Crippen LogP contribution in [0.5, 0.6) is 0 Å². The molecule has 0 radical (unpaired) electrons. The fourth-order valence-electron chi connectivity index (χ4n) is 1.55. The second kappa shape index (κ2) is 7.76. The molecule has 0 spiro atoms. The topological polar surface area (TPSA) is 58.4 Å². The van der Waals surface area contributed by atoms with Crippen LogP contribution in [0.1, 0.15) is 27.2 Å². The lowest BCUT2D eigenvalue weighted by molar-refractivity contribution is -0.117. The molecule has 0 saturated carbocycles. The Morgan fingerprint density at radius 3 is 2.43 bits per heavy atom. The zero-order valence-corrected chi connectivity index (χ0v) is 9.55. The fourth-order valence-corrected chi connectivity index (χ4v) is 1.55. The number of primary amides is 1. The number of hydrogen-bond acceptors (Lipinski definition) is 3. The minimum atomic E-state index is -0.291. The Bertz CT molecular complexity index is 157. The highest BCUT2D eigenvalue weighted by Gasteiger charge is 2.08. The van der Waals surface area contributed by atoms with Crippen molar-refractivity contribution >= 4 is 5.91 Å². The number of rotatable bonds is 8. The molecule has 3 N–H and O–H groups in total. The van der Waals surface area contributed by atoms with Crippen molar-refractivity contribution in [3.63, 3.8) is 0 Å². The van der Waals surface area contributed by atoms with E-state index in [4.69, 9.17) is 5.73 Å². The Balaban J connectivity index is 3.51. The van der Waals surface area contributed by atoms with Gasteiger partial charge >= 0.3 is 0 Å². The maximum atomic E-state index is 10.4. The molecule has 0 aliphatic heterocycles. The predicted molar refractivity (Wildman–Crippen MR) is 59.1 cm³/mol. The van der Waals surface area contributed by atoms with E-state index in [1.807, 2.05) is 0 Å². The summed E-state index contributed by atoms with van der Waals surface area (Å²) < 4.78 is 0. The van der Waals surface area contributed by atoms with Crippen molar-refractivity contribution in [3.8, 4) is 0 Å². The van der Waals surface area contributed by atoms with Gasteiger partial charge in [-0.15, -0.1) is 0 Å². The molecule has 4 heteroatoms. The normalized spacial score (nSPS) is 13.1. The molecule has 1 unspecified atom stereocenters. The van der Waals surface area contributed by atoms with Crippen LogP contribution < -0.4 is 11.1 Å². The van der Waals surface area contributed by atoms with Crippen molar-refractivity contribution in [2.45, 2.75) is 33.2 Å². The molecule has 0 saturated heterocycles. The van der Waals surface area contributed by atoms with Gasteiger partial charge in [0.1, 0.15) is 0 Å². The van der Waals surface area contributed by atoms with Gasteiger partial charge in [0.25, 0.3) is 0 Å². The third kappa shape index (κ3) is 5.94. The van der Waals surface area contributed by atoms with Gasteiger partial charge in [-0.2, -0.15) is 0 Å². The molecule has 0 bridgehead atoms. The van der Waals surface area contributed by atoms with E-state index in [0.29, 0.717) is 6.04 Å². The van der Waals surface area contributed by atoms with E-state index in [9.17, 15) is 4.79 Å². The lowest BCUT2D eigenvalue weighted by Gasteiger charge is -2.26. The van der Waals surface area contributed by atoms with Crippen molar-refractivity contribution in [2.24, 2.45) is 5.73 Å². The molecule has 0 aromatic heterocycles. The van der Waals surface area contributed by atoms with Crippen LogP contribution in [0.25, 0.3) is 0 Å². The number of amides is 1. The van der Waals surface area contributed by atoms with Crippen molar-refractivity contribution < 1.29 is 4.79 Å². The minimum absolute atomic E-state index is 0.283. The monoisotopic (exact) mass is 201 g/mol. The first-order valence-corrected chi connectivity index (χ1v) is 5.34. The van der Waals surface area contributed by atoms with Gasteiger partial charge in [0.15, 0.2) is 0 Å². The molecule has 1 amide bonds. The Labute approximate surface area is 86.8 Å². The third-order valence-electron chi connectivity index (χ3n) is 2.47.